The number of carbonyl (C=O) groups excluding carboxylic acids is 1. The van der Waals surface area contributed by atoms with Crippen molar-refractivity contribution in [1.29, 1.82) is 0 Å². The Balaban J connectivity index is 2.70. The van der Waals surface area contributed by atoms with Gasteiger partial charge in [-0.2, -0.15) is 0 Å². The molecule has 0 aromatic carbocycles. The van der Waals surface area contributed by atoms with Gasteiger partial charge in [0.15, 0.2) is 0 Å². The first-order valence-corrected chi connectivity index (χ1v) is 7.58. The number of azide groups is 1. The summed E-state index contributed by atoms with van der Waals surface area (Å²) >= 11 is 0. The van der Waals surface area contributed by atoms with Crippen LogP contribution in [0, 0.1) is 11.8 Å². The highest BCUT2D eigenvalue weighted by molar-refractivity contribution is 5.69. The van der Waals surface area contributed by atoms with Crippen LogP contribution < -0.4 is 0 Å². The van der Waals surface area contributed by atoms with Crippen molar-refractivity contribution in [3.05, 3.63) is 22.6 Å². The van der Waals surface area contributed by atoms with Gasteiger partial charge in [0, 0.05) is 24.3 Å². The minimum atomic E-state index is -0.374. The highest BCUT2D eigenvalue weighted by Crippen LogP contribution is 2.19. The lowest BCUT2D eigenvalue weighted by molar-refractivity contribution is -0.151. The van der Waals surface area contributed by atoms with E-state index in [9.17, 15) is 9.90 Å². The van der Waals surface area contributed by atoms with Gasteiger partial charge in [-0.1, -0.05) is 31.1 Å². The molecule has 21 heavy (non-hydrogen) atoms. The Morgan fingerprint density at radius 2 is 2.24 bits per heavy atom. The van der Waals surface area contributed by atoms with Gasteiger partial charge in [0.1, 0.15) is 6.10 Å². The monoisotopic (exact) mass is 295 g/mol. The van der Waals surface area contributed by atoms with Gasteiger partial charge in [-0.15, -0.1) is 0 Å². The van der Waals surface area contributed by atoms with Crippen molar-refractivity contribution in [3.8, 4) is 0 Å². The SMILES string of the molecule is C[C@H]1C/C=C/C[C@H]([C@@H](C)CN=[N+]=[N-])OC(=O)CCC[C@@H]1O. The van der Waals surface area contributed by atoms with Crippen molar-refractivity contribution in [2.24, 2.45) is 17.0 Å². The largest absolute Gasteiger partial charge is 0.462 e. The number of aliphatic hydroxyl groups excluding tert-OH is 1. The lowest BCUT2D eigenvalue weighted by atomic mass is 9.95. The van der Waals surface area contributed by atoms with E-state index in [0.717, 1.165) is 6.42 Å². The molecule has 0 radical (unpaired) electrons. The molecule has 118 valence electrons. The maximum Gasteiger partial charge on any atom is 0.306 e. The minimum Gasteiger partial charge on any atom is -0.462 e. The summed E-state index contributed by atoms with van der Waals surface area (Å²) in [6, 6.07) is 0. The Morgan fingerprint density at radius 1 is 1.52 bits per heavy atom. The second-order valence-corrected chi connectivity index (χ2v) is 5.80. The summed E-state index contributed by atoms with van der Waals surface area (Å²) in [6.07, 6.45) is 6.35. The van der Waals surface area contributed by atoms with E-state index in [0.29, 0.717) is 32.2 Å². The molecule has 1 aliphatic heterocycles. The predicted molar refractivity (Wildman–Crippen MR) is 80.5 cm³/mol. The fourth-order valence-electron chi connectivity index (χ4n) is 2.35. The number of hydrogen-bond acceptors (Lipinski definition) is 4. The maximum absolute atomic E-state index is 11.8. The third-order valence-electron chi connectivity index (χ3n) is 3.93. The van der Waals surface area contributed by atoms with Crippen LogP contribution >= 0.6 is 0 Å². The van der Waals surface area contributed by atoms with Gasteiger partial charge >= 0.3 is 5.97 Å². The van der Waals surface area contributed by atoms with Crippen LogP contribution in [0.25, 0.3) is 10.4 Å². The van der Waals surface area contributed by atoms with Crippen LogP contribution in [-0.2, 0) is 9.53 Å². The predicted octanol–water partition coefficient (Wildman–Crippen LogP) is 3.36. The van der Waals surface area contributed by atoms with E-state index < -0.39 is 0 Å². The third kappa shape index (κ3) is 6.65. The number of allylic oxidation sites excluding steroid dienone is 1. The zero-order valence-corrected chi connectivity index (χ0v) is 12.8. The molecule has 6 nitrogen and oxygen atoms in total. The molecule has 0 fully saturated rings. The second kappa shape index (κ2) is 9.42. The van der Waals surface area contributed by atoms with Crippen molar-refractivity contribution < 1.29 is 14.6 Å². The topological polar surface area (TPSA) is 95.3 Å². The number of rotatable bonds is 3. The molecule has 0 saturated carbocycles. The molecule has 0 amide bonds. The maximum atomic E-state index is 11.8. The Morgan fingerprint density at radius 3 is 2.95 bits per heavy atom. The van der Waals surface area contributed by atoms with E-state index in [2.05, 4.69) is 10.0 Å². The quantitative estimate of drug-likeness (QED) is 0.284. The van der Waals surface area contributed by atoms with Gasteiger partial charge in [-0.25, -0.2) is 0 Å². The molecule has 0 unspecified atom stereocenters. The fraction of sp³-hybridized carbons (Fsp3) is 0.800. The molecule has 0 bridgehead atoms. The molecule has 6 heteroatoms. The zero-order chi connectivity index (χ0) is 15.7. The number of carbonyl (C=O) groups is 1. The molecule has 1 aliphatic rings. The second-order valence-electron chi connectivity index (χ2n) is 5.80. The number of hydrogen-bond donors (Lipinski definition) is 1. The van der Waals surface area contributed by atoms with Crippen molar-refractivity contribution in [2.75, 3.05) is 6.54 Å². The van der Waals surface area contributed by atoms with Crippen molar-refractivity contribution in [3.63, 3.8) is 0 Å². The Labute approximate surface area is 125 Å². The van der Waals surface area contributed by atoms with Gasteiger partial charge in [-0.3, -0.25) is 4.79 Å². The molecule has 0 spiro atoms. The molecule has 0 aromatic rings. The molecular weight excluding hydrogens is 270 g/mol. The lowest BCUT2D eigenvalue weighted by Crippen LogP contribution is -2.27. The number of nitrogens with zero attached hydrogens (tertiary/aromatic N) is 3. The molecule has 0 saturated heterocycles. The van der Waals surface area contributed by atoms with Crippen molar-refractivity contribution in [1.82, 2.24) is 0 Å². The molecule has 0 aliphatic carbocycles. The summed E-state index contributed by atoms with van der Waals surface area (Å²) in [7, 11) is 0. The Hall–Kier alpha value is -1.52. The molecule has 1 heterocycles. The summed E-state index contributed by atoms with van der Waals surface area (Å²) in [5, 5.41) is 13.5. The zero-order valence-electron chi connectivity index (χ0n) is 12.8. The Bertz CT molecular complexity index is 405. The van der Waals surface area contributed by atoms with Crippen LogP contribution in [0.15, 0.2) is 17.3 Å². The molecular formula is C15H25N3O3. The lowest BCUT2D eigenvalue weighted by Gasteiger charge is -2.23. The van der Waals surface area contributed by atoms with E-state index in [1.165, 1.54) is 0 Å². The first-order chi connectivity index (χ1) is 10.0. The number of aliphatic hydroxyl groups is 1. The summed E-state index contributed by atoms with van der Waals surface area (Å²) in [4.78, 5) is 14.6. The van der Waals surface area contributed by atoms with Gasteiger partial charge in [-0.05, 0) is 36.6 Å². The number of ether oxygens (including phenoxy) is 1. The van der Waals surface area contributed by atoms with Crippen LogP contribution in [0.3, 0.4) is 0 Å². The number of cyclic esters (lactones) is 1. The standard InChI is InChI=1S/C15H25N3O3/c1-11-6-3-4-8-14(12(2)10-17-18-16)21-15(20)9-5-7-13(11)19/h3-4,11-14,19H,5-10H2,1-2H3/b4-3+/t11-,12-,13-,14+/m0/s1. The highest BCUT2D eigenvalue weighted by Gasteiger charge is 2.21. The molecule has 0 aromatic heterocycles. The Kier molecular flexibility index (Phi) is 7.87. The van der Waals surface area contributed by atoms with Crippen LogP contribution in [0.4, 0.5) is 0 Å². The first-order valence-electron chi connectivity index (χ1n) is 7.58. The molecule has 4 atom stereocenters. The van der Waals surface area contributed by atoms with Gasteiger partial charge in [0.25, 0.3) is 0 Å². The van der Waals surface area contributed by atoms with Gasteiger partial charge < -0.3 is 9.84 Å². The molecule has 1 N–H and O–H groups in total. The molecule has 1 rings (SSSR count). The van der Waals surface area contributed by atoms with Gasteiger partial charge in [0.2, 0.25) is 0 Å². The van der Waals surface area contributed by atoms with Crippen molar-refractivity contribution in [2.45, 2.75) is 58.2 Å². The smallest absolute Gasteiger partial charge is 0.306 e. The highest BCUT2D eigenvalue weighted by atomic mass is 16.5. The van der Waals surface area contributed by atoms with E-state index in [-0.39, 0.29) is 30.0 Å². The average Bonchev–Trinajstić information content (AvgIpc) is 2.46. The van der Waals surface area contributed by atoms with E-state index in [1.54, 1.807) is 0 Å². The van der Waals surface area contributed by atoms with Crippen molar-refractivity contribution >= 4 is 5.97 Å². The average molecular weight is 295 g/mol. The summed E-state index contributed by atoms with van der Waals surface area (Å²) in [5.41, 5.74) is 8.38. The normalized spacial score (nSPS) is 31.0. The fourth-order valence-corrected chi connectivity index (χ4v) is 2.35. The van der Waals surface area contributed by atoms with Crippen LogP contribution in [-0.4, -0.2) is 29.8 Å². The van der Waals surface area contributed by atoms with Crippen LogP contribution in [0.5, 0.6) is 0 Å². The van der Waals surface area contributed by atoms with E-state index in [1.807, 2.05) is 26.0 Å². The van der Waals surface area contributed by atoms with E-state index in [4.69, 9.17) is 10.3 Å². The summed E-state index contributed by atoms with van der Waals surface area (Å²) in [5.74, 6) is -0.0715. The van der Waals surface area contributed by atoms with Crippen LogP contribution in [0.1, 0.15) is 46.0 Å². The third-order valence-corrected chi connectivity index (χ3v) is 3.93. The first kappa shape index (κ1) is 17.5. The summed E-state index contributed by atoms with van der Waals surface area (Å²) in [6.45, 7) is 4.25. The summed E-state index contributed by atoms with van der Waals surface area (Å²) < 4.78 is 5.49. The minimum absolute atomic E-state index is 0.0135. The van der Waals surface area contributed by atoms with E-state index >= 15 is 0 Å². The van der Waals surface area contributed by atoms with Crippen LogP contribution in [0.2, 0.25) is 0 Å². The number of esters is 1. The van der Waals surface area contributed by atoms with Gasteiger partial charge in [0.05, 0.1) is 6.10 Å².